The average molecular weight is 265 g/mol. The van der Waals surface area contributed by atoms with E-state index < -0.39 is 30.0 Å². The molecule has 4 nitrogen and oxygen atoms in total. The van der Waals surface area contributed by atoms with Crippen molar-refractivity contribution in [3.63, 3.8) is 0 Å². The van der Waals surface area contributed by atoms with Crippen molar-refractivity contribution in [3.05, 3.63) is 29.6 Å². The monoisotopic (exact) mass is 265 g/mol. The molecule has 1 aliphatic heterocycles. The molecule has 19 heavy (non-hydrogen) atoms. The van der Waals surface area contributed by atoms with E-state index in [1.54, 1.807) is 0 Å². The number of nitrogens with two attached hydrogens (primary N) is 1. The molecule has 1 fully saturated rings. The maximum atomic E-state index is 13.9. The highest BCUT2D eigenvalue weighted by Gasteiger charge is 2.52. The van der Waals surface area contributed by atoms with E-state index in [9.17, 15) is 9.18 Å². The second kappa shape index (κ2) is 4.32. The fourth-order valence-corrected chi connectivity index (χ4v) is 1.85. The molecule has 102 valence electrons. The zero-order valence-electron chi connectivity index (χ0n) is 11.5. The van der Waals surface area contributed by atoms with Crippen molar-refractivity contribution in [2.75, 3.05) is 0 Å². The van der Waals surface area contributed by atoms with Gasteiger partial charge in [0, 0.05) is 11.0 Å². The van der Waals surface area contributed by atoms with Gasteiger partial charge in [-0.3, -0.25) is 4.79 Å². The molecule has 0 spiro atoms. The third kappa shape index (κ3) is 2.38. The normalized spacial score (nSPS) is 20.6. The molecular weight excluding hydrogens is 248 g/mol. The molecule has 6 heteroatoms. The topological polar surface area (TPSA) is 61.5 Å². The fraction of sp³-hybridized carbons (Fsp3) is 0.462. The second-order valence-corrected chi connectivity index (χ2v) is 5.69. The number of benzene rings is 1. The number of carbonyl (C=O) groups excluding carboxylic acids is 1. The predicted octanol–water partition coefficient (Wildman–Crippen LogP) is 1.22. The van der Waals surface area contributed by atoms with Crippen LogP contribution in [0.3, 0.4) is 0 Å². The molecule has 0 atom stereocenters. The summed E-state index contributed by atoms with van der Waals surface area (Å²) >= 11 is 0. The van der Waals surface area contributed by atoms with Crippen LogP contribution in [0.25, 0.3) is 0 Å². The van der Waals surface area contributed by atoms with Crippen LogP contribution in [0.2, 0.25) is 0 Å². The van der Waals surface area contributed by atoms with Crippen molar-refractivity contribution in [1.29, 1.82) is 0 Å². The fourth-order valence-electron chi connectivity index (χ4n) is 1.85. The van der Waals surface area contributed by atoms with Crippen LogP contribution in [0.15, 0.2) is 18.2 Å². The molecule has 1 saturated heterocycles. The first kappa shape index (κ1) is 14.0. The molecule has 2 rings (SSSR count). The van der Waals surface area contributed by atoms with E-state index in [1.165, 1.54) is 18.2 Å². The van der Waals surface area contributed by atoms with Crippen LogP contribution >= 0.6 is 0 Å². The Labute approximate surface area is 112 Å². The molecule has 0 bridgehead atoms. The van der Waals surface area contributed by atoms with Crippen LogP contribution in [0, 0.1) is 5.82 Å². The summed E-state index contributed by atoms with van der Waals surface area (Å²) in [6.45, 7) is 7.51. The predicted molar refractivity (Wildman–Crippen MR) is 70.6 cm³/mol. The Balaban J connectivity index is 2.39. The minimum absolute atomic E-state index is 0.190. The van der Waals surface area contributed by atoms with Gasteiger partial charge in [0.25, 0.3) is 0 Å². The van der Waals surface area contributed by atoms with Gasteiger partial charge in [-0.25, -0.2) is 4.39 Å². The summed E-state index contributed by atoms with van der Waals surface area (Å²) in [6.07, 6.45) is 0. The summed E-state index contributed by atoms with van der Waals surface area (Å²) in [6, 6.07) is 3.91. The Bertz CT molecular complexity index is 515. The molecule has 1 aromatic rings. The standard InChI is InChI=1S/C13H17BFNO3/c1-12(2)13(3,4)19-14(18-12)9-7-8(11(16)17)5-6-10(9)15/h5-7H,1-4H3,(H2,16,17). The van der Waals surface area contributed by atoms with Crippen LogP contribution in [-0.2, 0) is 9.31 Å². The van der Waals surface area contributed by atoms with E-state index in [0.29, 0.717) is 0 Å². The van der Waals surface area contributed by atoms with Crippen LogP contribution in [-0.4, -0.2) is 24.2 Å². The Kier molecular flexibility index (Phi) is 3.19. The lowest BCUT2D eigenvalue weighted by atomic mass is 9.78. The lowest BCUT2D eigenvalue weighted by Crippen LogP contribution is -2.41. The van der Waals surface area contributed by atoms with Crippen molar-refractivity contribution in [1.82, 2.24) is 0 Å². The van der Waals surface area contributed by atoms with Gasteiger partial charge < -0.3 is 15.0 Å². The summed E-state index contributed by atoms with van der Waals surface area (Å²) < 4.78 is 25.4. The molecule has 0 radical (unpaired) electrons. The van der Waals surface area contributed by atoms with Gasteiger partial charge in [-0.05, 0) is 45.9 Å². The van der Waals surface area contributed by atoms with Gasteiger partial charge in [0.15, 0.2) is 0 Å². The van der Waals surface area contributed by atoms with E-state index in [4.69, 9.17) is 15.0 Å². The van der Waals surface area contributed by atoms with Crippen molar-refractivity contribution in [2.45, 2.75) is 38.9 Å². The van der Waals surface area contributed by atoms with Crippen LogP contribution < -0.4 is 11.2 Å². The van der Waals surface area contributed by atoms with Crippen LogP contribution in [0.5, 0.6) is 0 Å². The van der Waals surface area contributed by atoms with Gasteiger partial charge in [-0.15, -0.1) is 0 Å². The van der Waals surface area contributed by atoms with Crippen molar-refractivity contribution >= 4 is 18.5 Å². The van der Waals surface area contributed by atoms with Gasteiger partial charge in [0.05, 0.1) is 11.2 Å². The van der Waals surface area contributed by atoms with Crippen molar-refractivity contribution in [2.24, 2.45) is 5.73 Å². The third-order valence-corrected chi connectivity index (χ3v) is 3.79. The lowest BCUT2D eigenvalue weighted by molar-refractivity contribution is 0.00578. The Morgan fingerprint density at radius 2 is 1.74 bits per heavy atom. The summed E-state index contributed by atoms with van der Waals surface area (Å²) in [7, 11) is -0.843. The smallest absolute Gasteiger partial charge is 0.399 e. The van der Waals surface area contributed by atoms with E-state index >= 15 is 0 Å². The minimum atomic E-state index is -0.843. The summed E-state index contributed by atoms with van der Waals surface area (Å²) in [5, 5.41) is 0. The number of hydrogen-bond donors (Lipinski definition) is 1. The van der Waals surface area contributed by atoms with E-state index in [-0.39, 0.29) is 11.0 Å². The van der Waals surface area contributed by atoms with E-state index in [2.05, 4.69) is 0 Å². The summed E-state index contributed by atoms with van der Waals surface area (Å²) in [5.41, 5.74) is 4.49. The van der Waals surface area contributed by atoms with Gasteiger partial charge in [-0.1, -0.05) is 0 Å². The Morgan fingerprint density at radius 3 is 2.21 bits per heavy atom. The molecule has 0 saturated carbocycles. The van der Waals surface area contributed by atoms with Gasteiger partial charge in [-0.2, -0.15) is 0 Å². The molecule has 0 unspecified atom stereocenters. The van der Waals surface area contributed by atoms with Gasteiger partial charge >= 0.3 is 7.12 Å². The number of rotatable bonds is 2. The summed E-state index contributed by atoms with van der Waals surface area (Å²) in [5.74, 6) is -1.10. The Hall–Kier alpha value is -1.40. The largest absolute Gasteiger partial charge is 0.497 e. The first-order valence-electron chi connectivity index (χ1n) is 6.09. The number of amides is 1. The molecule has 0 aliphatic carbocycles. The van der Waals surface area contributed by atoms with E-state index in [1.807, 2.05) is 27.7 Å². The molecule has 2 N–H and O–H groups in total. The number of hydrogen-bond acceptors (Lipinski definition) is 3. The molecular formula is C13H17BFNO3. The highest BCUT2D eigenvalue weighted by Crippen LogP contribution is 2.36. The SMILES string of the molecule is CC1(C)OB(c2cc(C(N)=O)ccc2F)OC1(C)C. The Morgan fingerprint density at radius 1 is 1.21 bits per heavy atom. The minimum Gasteiger partial charge on any atom is -0.399 e. The first-order valence-corrected chi connectivity index (χ1v) is 6.09. The third-order valence-electron chi connectivity index (χ3n) is 3.79. The maximum Gasteiger partial charge on any atom is 0.497 e. The highest BCUT2D eigenvalue weighted by atomic mass is 19.1. The molecule has 1 amide bonds. The quantitative estimate of drug-likeness (QED) is 0.818. The molecule has 1 aromatic carbocycles. The average Bonchev–Trinajstić information content (AvgIpc) is 2.48. The summed E-state index contributed by atoms with van der Waals surface area (Å²) in [4.78, 5) is 11.2. The number of halogens is 1. The van der Waals surface area contributed by atoms with Crippen molar-refractivity contribution in [3.8, 4) is 0 Å². The number of carbonyl (C=O) groups is 1. The highest BCUT2D eigenvalue weighted by molar-refractivity contribution is 6.62. The molecule has 0 aromatic heterocycles. The maximum absolute atomic E-state index is 13.9. The molecule has 1 heterocycles. The van der Waals surface area contributed by atoms with Crippen LogP contribution in [0.4, 0.5) is 4.39 Å². The van der Waals surface area contributed by atoms with Gasteiger partial charge in [0.1, 0.15) is 5.82 Å². The zero-order chi connectivity index (χ0) is 14.4. The van der Waals surface area contributed by atoms with Crippen LogP contribution in [0.1, 0.15) is 38.1 Å². The zero-order valence-corrected chi connectivity index (χ0v) is 11.5. The lowest BCUT2D eigenvalue weighted by Gasteiger charge is -2.32. The first-order chi connectivity index (χ1) is 8.64. The second-order valence-electron chi connectivity index (χ2n) is 5.69. The molecule has 1 aliphatic rings. The van der Waals surface area contributed by atoms with E-state index in [0.717, 1.165) is 0 Å². The number of primary amides is 1. The van der Waals surface area contributed by atoms with Gasteiger partial charge in [0.2, 0.25) is 5.91 Å². The van der Waals surface area contributed by atoms with Crippen molar-refractivity contribution < 1.29 is 18.5 Å².